The van der Waals surface area contributed by atoms with Gasteiger partial charge in [0.05, 0.1) is 17.6 Å². The largest absolute Gasteiger partial charge is 0.489 e. The molecule has 0 saturated carbocycles. The zero-order valence-electron chi connectivity index (χ0n) is 22.6. The molecule has 38 heavy (non-hydrogen) atoms. The van der Waals surface area contributed by atoms with Crippen molar-refractivity contribution < 1.29 is 19.0 Å². The van der Waals surface area contributed by atoms with Crippen molar-refractivity contribution in [3.8, 4) is 5.75 Å². The molecular weight excluding hydrogens is 482 g/mol. The first kappa shape index (κ1) is 27.2. The fourth-order valence-corrected chi connectivity index (χ4v) is 4.29. The quantitative estimate of drug-likeness (QED) is 0.261. The van der Waals surface area contributed by atoms with E-state index in [1.807, 2.05) is 69.3 Å². The molecule has 0 aliphatic rings. The van der Waals surface area contributed by atoms with Crippen LogP contribution in [0.4, 0.5) is 10.6 Å². The summed E-state index contributed by atoms with van der Waals surface area (Å²) >= 11 is 0. The van der Waals surface area contributed by atoms with Crippen LogP contribution < -0.4 is 15.8 Å². The maximum absolute atomic E-state index is 11.9. The fourth-order valence-electron chi connectivity index (χ4n) is 4.29. The van der Waals surface area contributed by atoms with Crippen LogP contribution in [0.5, 0.6) is 5.75 Å². The summed E-state index contributed by atoms with van der Waals surface area (Å²) in [5.41, 5.74) is 9.36. The van der Waals surface area contributed by atoms with Gasteiger partial charge in [-0.15, -0.1) is 0 Å². The lowest BCUT2D eigenvalue weighted by molar-refractivity contribution is 0.0527. The zero-order chi connectivity index (χ0) is 27.1. The Kier molecular flexibility index (Phi) is 8.68. The number of hydrogen-bond acceptors (Lipinski definition) is 7. The van der Waals surface area contributed by atoms with E-state index < -0.39 is 11.7 Å². The van der Waals surface area contributed by atoms with Crippen molar-refractivity contribution in [2.75, 3.05) is 26.0 Å². The zero-order valence-corrected chi connectivity index (χ0v) is 22.6. The monoisotopic (exact) mass is 519 g/mol. The van der Waals surface area contributed by atoms with Crippen molar-refractivity contribution in [3.05, 3.63) is 59.9 Å². The van der Waals surface area contributed by atoms with Crippen LogP contribution >= 0.6 is 0 Å². The number of methoxy groups -OCH3 is 1. The number of carbonyl (C=O) groups is 1. The number of aromatic nitrogens is 3. The number of fused-ring (bicyclic) bond motifs is 3. The average molecular weight is 520 g/mol. The Morgan fingerprint density at radius 1 is 1.08 bits per heavy atom. The number of nitrogens with zero attached hydrogens (tertiary/aromatic N) is 3. The molecule has 0 unspecified atom stereocenters. The third kappa shape index (κ3) is 6.92. The molecule has 1 amide bonds. The number of rotatable bonds is 11. The van der Waals surface area contributed by atoms with Crippen molar-refractivity contribution in [2.45, 2.75) is 58.8 Å². The summed E-state index contributed by atoms with van der Waals surface area (Å²) in [5.74, 6) is 2.01. The number of alkyl carbamates (subject to hydrolysis) is 1. The van der Waals surface area contributed by atoms with Crippen molar-refractivity contribution in [3.63, 3.8) is 0 Å². The van der Waals surface area contributed by atoms with E-state index >= 15 is 0 Å². The van der Waals surface area contributed by atoms with Gasteiger partial charge in [0, 0.05) is 38.1 Å². The summed E-state index contributed by atoms with van der Waals surface area (Å²) in [5, 5.41) is 3.79. The standard InChI is InChI=1S/C29H37N5O4/c1-29(2,3)38-28(35)31-15-8-9-16-34-24(14-17-36-4)33-25-26(34)22-13-12-21(18-23(22)32-27(25)30)37-19-20-10-6-5-7-11-20/h5-7,10-13,18H,8-9,14-17,19H2,1-4H3,(H2,30,32)(H,31,35). The smallest absolute Gasteiger partial charge is 0.407 e. The van der Waals surface area contributed by atoms with Crippen LogP contribution in [0.15, 0.2) is 48.5 Å². The molecule has 2 aromatic carbocycles. The summed E-state index contributed by atoms with van der Waals surface area (Å²) in [4.78, 5) is 21.4. The molecule has 2 heterocycles. The number of aryl methyl sites for hydroxylation is 1. The fraction of sp³-hybridized carbons (Fsp3) is 0.414. The number of nitrogens with two attached hydrogens (primary N) is 1. The number of hydrogen-bond donors (Lipinski definition) is 2. The van der Waals surface area contributed by atoms with Crippen molar-refractivity contribution in [1.29, 1.82) is 0 Å². The number of unbranched alkanes of at least 4 members (excludes halogenated alkanes) is 1. The van der Waals surface area contributed by atoms with Gasteiger partial charge < -0.3 is 29.8 Å². The highest BCUT2D eigenvalue weighted by molar-refractivity contribution is 6.06. The van der Waals surface area contributed by atoms with Crippen LogP contribution in [0.3, 0.4) is 0 Å². The Labute approximate surface area is 223 Å². The predicted octanol–water partition coefficient (Wildman–Crippen LogP) is 5.24. The second-order valence-electron chi connectivity index (χ2n) is 10.2. The predicted molar refractivity (Wildman–Crippen MR) is 149 cm³/mol. The van der Waals surface area contributed by atoms with Crippen LogP contribution in [-0.2, 0) is 29.0 Å². The Hall–Kier alpha value is -3.85. The summed E-state index contributed by atoms with van der Waals surface area (Å²) in [7, 11) is 1.68. The summed E-state index contributed by atoms with van der Waals surface area (Å²) in [6.45, 7) is 7.81. The highest BCUT2D eigenvalue weighted by atomic mass is 16.6. The number of nitrogens with one attached hydrogen (secondary N) is 1. The van der Waals surface area contributed by atoms with Gasteiger partial charge in [-0.3, -0.25) is 0 Å². The van der Waals surface area contributed by atoms with E-state index in [9.17, 15) is 4.79 Å². The number of nitrogen functional groups attached to an aromatic ring is 1. The minimum absolute atomic E-state index is 0.386. The molecule has 0 aliphatic heterocycles. The molecule has 0 atom stereocenters. The summed E-state index contributed by atoms with van der Waals surface area (Å²) in [6.07, 6.45) is 1.88. The molecule has 0 radical (unpaired) electrons. The second kappa shape index (κ2) is 12.1. The highest BCUT2D eigenvalue weighted by Gasteiger charge is 2.18. The van der Waals surface area contributed by atoms with Crippen LogP contribution in [0.1, 0.15) is 45.0 Å². The first-order valence-electron chi connectivity index (χ1n) is 13.0. The summed E-state index contributed by atoms with van der Waals surface area (Å²) in [6, 6.07) is 15.9. The molecule has 2 aromatic heterocycles. The van der Waals surface area contributed by atoms with E-state index in [1.165, 1.54) is 0 Å². The molecule has 9 nitrogen and oxygen atoms in total. The third-order valence-corrected chi connectivity index (χ3v) is 6.01. The highest BCUT2D eigenvalue weighted by Crippen LogP contribution is 2.31. The van der Waals surface area contributed by atoms with Crippen LogP contribution in [0.25, 0.3) is 21.9 Å². The first-order chi connectivity index (χ1) is 18.2. The van der Waals surface area contributed by atoms with Gasteiger partial charge in [-0.25, -0.2) is 14.8 Å². The van der Waals surface area contributed by atoms with E-state index in [1.54, 1.807) is 7.11 Å². The maximum atomic E-state index is 11.9. The lowest BCUT2D eigenvalue weighted by Gasteiger charge is -2.19. The van der Waals surface area contributed by atoms with Crippen LogP contribution in [0, 0.1) is 0 Å². The van der Waals surface area contributed by atoms with Gasteiger partial charge in [-0.05, 0) is 51.3 Å². The van der Waals surface area contributed by atoms with Crippen LogP contribution in [0.2, 0.25) is 0 Å². The van der Waals surface area contributed by atoms with Crippen LogP contribution in [-0.4, -0.2) is 46.5 Å². The lowest BCUT2D eigenvalue weighted by atomic mass is 10.1. The van der Waals surface area contributed by atoms with E-state index in [0.29, 0.717) is 37.5 Å². The Balaban J connectivity index is 1.54. The number of imidazole rings is 1. The van der Waals surface area contributed by atoms with Gasteiger partial charge in [-0.1, -0.05) is 30.3 Å². The van der Waals surface area contributed by atoms with E-state index in [0.717, 1.165) is 52.9 Å². The number of anilines is 1. The van der Waals surface area contributed by atoms with Gasteiger partial charge in [0.15, 0.2) is 5.82 Å². The van der Waals surface area contributed by atoms with E-state index in [-0.39, 0.29) is 0 Å². The molecule has 3 N–H and O–H groups in total. The SMILES string of the molecule is COCCc1nc2c(N)nc3cc(OCc4ccccc4)ccc3c2n1CCCCNC(=O)OC(C)(C)C. The Morgan fingerprint density at radius 3 is 2.61 bits per heavy atom. The lowest BCUT2D eigenvalue weighted by Crippen LogP contribution is -2.33. The topological polar surface area (TPSA) is 114 Å². The molecule has 4 rings (SSSR count). The number of amides is 1. The van der Waals surface area contributed by atoms with Crippen molar-refractivity contribution in [1.82, 2.24) is 19.9 Å². The molecule has 9 heteroatoms. The number of ether oxygens (including phenoxy) is 3. The van der Waals surface area contributed by atoms with Gasteiger partial charge in [0.25, 0.3) is 0 Å². The molecule has 0 bridgehead atoms. The van der Waals surface area contributed by atoms with Crippen molar-refractivity contribution in [2.24, 2.45) is 0 Å². The first-order valence-corrected chi connectivity index (χ1v) is 13.0. The number of benzene rings is 2. The molecule has 4 aromatic rings. The van der Waals surface area contributed by atoms with Gasteiger partial charge >= 0.3 is 6.09 Å². The minimum Gasteiger partial charge on any atom is -0.489 e. The number of pyridine rings is 1. The Bertz CT molecular complexity index is 1380. The van der Waals surface area contributed by atoms with Gasteiger partial charge in [0.1, 0.15) is 29.3 Å². The normalized spacial score (nSPS) is 11.7. The second-order valence-corrected chi connectivity index (χ2v) is 10.2. The van der Waals surface area contributed by atoms with E-state index in [2.05, 4.69) is 14.9 Å². The van der Waals surface area contributed by atoms with E-state index in [4.69, 9.17) is 24.9 Å². The van der Waals surface area contributed by atoms with Gasteiger partial charge in [-0.2, -0.15) is 0 Å². The molecular formula is C29H37N5O4. The molecule has 0 fully saturated rings. The summed E-state index contributed by atoms with van der Waals surface area (Å²) < 4.78 is 18.9. The molecule has 0 saturated heterocycles. The molecule has 0 spiro atoms. The average Bonchev–Trinajstić information content (AvgIpc) is 3.24. The third-order valence-electron chi connectivity index (χ3n) is 6.01. The molecule has 202 valence electrons. The molecule has 0 aliphatic carbocycles. The Morgan fingerprint density at radius 2 is 1.87 bits per heavy atom. The number of carbonyl (C=O) groups excluding carboxylic acids is 1. The minimum atomic E-state index is -0.516. The van der Waals surface area contributed by atoms with Crippen molar-refractivity contribution >= 4 is 33.8 Å². The van der Waals surface area contributed by atoms with Gasteiger partial charge in [0.2, 0.25) is 0 Å². The maximum Gasteiger partial charge on any atom is 0.407 e.